The van der Waals surface area contributed by atoms with Crippen molar-refractivity contribution >= 4 is 22.6 Å². The Morgan fingerprint density at radius 3 is 2.81 bits per heavy atom. The van der Waals surface area contributed by atoms with Crippen molar-refractivity contribution in [3.63, 3.8) is 0 Å². The van der Waals surface area contributed by atoms with E-state index in [-0.39, 0.29) is 11.7 Å². The molecule has 0 saturated heterocycles. The molecule has 0 spiro atoms. The Kier molecular flexibility index (Phi) is 5.23. The Morgan fingerprint density at radius 2 is 2.15 bits per heavy atom. The quantitative estimate of drug-likeness (QED) is 0.698. The number of rotatable bonds is 5. The second kappa shape index (κ2) is 7.42. The summed E-state index contributed by atoms with van der Waals surface area (Å²) in [7, 11) is 0. The summed E-state index contributed by atoms with van der Waals surface area (Å²) in [5, 5.41) is 9.26. The van der Waals surface area contributed by atoms with Gasteiger partial charge in [-0.25, -0.2) is 9.37 Å². The molecule has 0 amide bonds. The van der Waals surface area contributed by atoms with Crippen molar-refractivity contribution < 1.29 is 9.13 Å². The summed E-state index contributed by atoms with van der Waals surface area (Å²) < 4.78 is 19.5. The molecular formula is C19H18ClFN4O. The number of hydrogen-bond donors (Lipinski definition) is 2. The Balaban J connectivity index is 2.04. The third-order valence-corrected chi connectivity index (χ3v) is 4.65. The van der Waals surface area contributed by atoms with Gasteiger partial charge < -0.3 is 15.5 Å². The first-order valence-electron chi connectivity index (χ1n) is 8.21. The first-order valence-corrected chi connectivity index (χ1v) is 8.59. The molecule has 0 bridgehead atoms. The third kappa shape index (κ3) is 3.29. The van der Waals surface area contributed by atoms with Gasteiger partial charge in [-0.05, 0) is 37.6 Å². The van der Waals surface area contributed by atoms with E-state index in [1.54, 1.807) is 18.2 Å². The maximum Gasteiger partial charge on any atom is 0.141 e. The first kappa shape index (κ1) is 18.3. The van der Waals surface area contributed by atoms with E-state index in [9.17, 15) is 4.39 Å². The smallest absolute Gasteiger partial charge is 0.141 e. The monoisotopic (exact) mass is 372 g/mol. The molecule has 2 atom stereocenters. The van der Waals surface area contributed by atoms with E-state index >= 15 is 0 Å². The lowest BCUT2D eigenvalue weighted by atomic mass is 10.0. The Labute approximate surface area is 155 Å². The molecule has 0 radical (unpaired) electrons. The largest absolute Gasteiger partial charge is 0.377 e. The summed E-state index contributed by atoms with van der Waals surface area (Å²) in [5.41, 5.74) is 8.69. The van der Waals surface area contributed by atoms with Gasteiger partial charge in [0.25, 0.3) is 0 Å². The van der Waals surface area contributed by atoms with Crippen molar-refractivity contribution in [3.05, 3.63) is 52.6 Å². The van der Waals surface area contributed by atoms with Crippen molar-refractivity contribution in [2.24, 2.45) is 5.73 Å². The normalized spacial score (nSPS) is 13.5. The lowest BCUT2D eigenvalue weighted by molar-refractivity contribution is 0.0557. The summed E-state index contributed by atoms with van der Waals surface area (Å²) in [6, 6.07) is 9.37. The molecule has 0 aliphatic heterocycles. The van der Waals surface area contributed by atoms with E-state index in [1.165, 1.54) is 12.1 Å². The van der Waals surface area contributed by atoms with Gasteiger partial charge in [0.2, 0.25) is 0 Å². The number of aromatic nitrogens is 2. The highest BCUT2D eigenvalue weighted by molar-refractivity contribution is 6.37. The van der Waals surface area contributed by atoms with Gasteiger partial charge in [-0.15, -0.1) is 0 Å². The van der Waals surface area contributed by atoms with Gasteiger partial charge in [0, 0.05) is 12.2 Å². The minimum atomic E-state index is -0.587. The predicted octanol–water partition coefficient (Wildman–Crippen LogP) is 4.32. The van der Waals surface area contributed by atoms with Gasteiger partial charge in [0.1, 0.15) is 23.2 Å². The number of aromatic amines is 1. The molecule has 0 saturated carbocycles. The molecule has 2 aromatic carbocycles. The maximum atomic E-state index is 13.9. The minimum absolute atomic E-state index is 0.0103. The fourth-order valence-corrected chi connectivity index (χ4v) is 3.12. The summed E-state index contributed by atoms with van der Waals surface area (Å²) in [5.74, 6) is -0.0116. The zero-order valence-electron chi connectivity index (χ0n) is 14.4. The average molecular weight is 373 g/mol. The molecule has 0 aliphatic carbocycles. The van der Waals surface area contributed by atoms with E-state index in [4.69, 9.17) is 27.3 Å². The van der Waals surface area contributed by atoms with Crippen LogP contribution < -0.4 is 5.73 Å². The fraction of sp³-hybridized carbons (Fsp3) is 0.263. The summed E-state index contributed by atoms with van der Waals surface area (Å²) in [4.78, 5) is 7.69. The van der Waals surface area contributed by atoms with Gasteiger partial charge in [-0.3, -0.25) is 0 Å². The van der Waals surface area contributed by atoms with Crippen LogP contribution in [-0.4, -0.2) is 22.7 Å². The standard InChI is InChI=1S/C19H18ClFN4O/c1-3-26-10(2)17(23)19-24-15-7-6-13(16(20)18(15)25-19)11-4-5-12(9-22)14(21)8-11/h4-8,10,17H,3,23H2,1-2H3,(H,24,25). The van der Waals surface area contributed by atoms with E-state index in [2.05, 4.69) is 9.97 Å². The molecule has 3 aromatic rings. The van der Waals surface area contributed by atoms with Crippen molar-refractivity contribution in [3.8, 4) is 17.2 Å². The lowest BCUT2D eigenvalue weighted by Gasteiger charge is -2.17. The van der Waals surface area contributed by atoms with Crippen LogP contribution in [-0.2, 0) is 4.74 Å². The lowest BCUT2D eigenvalue weighted by Crippen LogP contribution is -2.27. The second-order valence-corrected chi connectivity index (χ2v) is 6.32. The Bertz CT molecular complexity index is 995. The van der Waals surface area contributed by atoms with E-state index in [0.29, 0.717) is 34.1 Å². The van der Waals surface area contributed by atoms with Crippen LogP contribution >= 0.6 is 11.6 Å². The molecule has 26 heavy (non-hydrogen) atoms. The van der Waals surface area contributed by atoms with Crippen LogP contribution in [0.25, 0.3) is 22.2 Å². The summed E-state index contributed by atoms with van der Waals surface area (Å²) in [6.07, 6.45) is -0.202. The predicted molar refractivity (Wildman–Crippen MR) is 99.2 cm³/mol. The topological polar surface area (TPSA) is 87.7 Å². The van der Waals surface area contributed by atoms with Crippen LogP contribution in [0, 0.1) is 17.1 Å². The number of fused-ring (bicyclic) bond motifs is 1. The third-order valence-electron chi connectivity index (χ3n) is 4.26. The summed E-state index contributed by atoms with van der Waals surface area (Å²) >= 11 is 6.52. The van der Waals surface area contributed by atoms with Crippen LogP contribution in [0.2, 0.25) is 5.02 Å². The van der Waals surface area contributed by atoms with Crippen LogP contribution in [0.3, 0.4) is 0 Å². The number of halogens is 2. The number of nitrogens with two attached hydrogens (primary N) is 1. The zero-order valence-corrected chi connectivity index (χ0v) is 15.1. The van der Waals surface area contributed by atoms with E-state index < -0.39 is 11.9 Å². The Morgan fingerprint density at radius 1 is 1.38 bits per heavy atom. The van der Waals surface area contributed by atoms with Gasteiger partial charge in [-0.2, -0.15) is 5.26 Å². The number of hydrogen-bond acceptors (Lipinski definition) is 4. The molecule has 0 fully saturated rings. The van der Waals surface area contributed by atoms with Crippen LogP contribution in [0.15, 0.2) is 30.3 Å². The molecule has 3 N–H and O–H groups in total. The van der Waals surface area contributed by atoms with Crippen molar-refractivity contribution in [2.75, 3.05) is 6.61 Å². The Hall–Kier alpha value is -2.46. The number of imidazole rings is 1. The summed E-state index contributed by atoms with van der Waals surface area (Å²) in [6.45, 7) is 4.35. The van der Waals surface area contributed by atoms with Crippen LogP contribution in [0.5, 0.6) is 0 Å². The van der Waals surface area contributed by atoms with Crippen LogP contribution in [0.4, 0.5) is 4.39 Å². The van der Waals surface area contributed by atoms with Crippen molar-refractivity contribution in [1.82, 2.24) is 9.97 Å². The number of H-pyrrole nitrogens is 1. The highest BCUT2D eigenvalue weighted by Gasteiger charge is 2.20. The number of ether oxygens (including phenoxy) is 1. The fourth-order valence-electron chi connectivity index (χ4n) is 2.80. The number of benzene rings is 2. The van der Waals surface area contributed by atoms with Crippen molar-refractivity contribution in [1.29, 1.82) is 5.26 Å². The number of nitrogens with one attached hydrogen (secondary N) is 1. The molecule has 3 rings (SSSR count). The van der Waals surface area contributed by atoms with E-state index in [1.807, 2.05) is 19.9 Å². The highest BCUT2D eigenvalue weighted by Crippen LogP contribution is 2.34. The van der Waals surface area contributed by atoms with E-state index in [0.717, 1.165) is 5.52 Å². The molecule has 1 heterocycles. The molecule has 134 valence electrons. The van der Waals surface area contributed by atoms with Gasteiger partial charge in [-0.1, -0.05) is 23.7 Å². The molecule has 2 unspecified atom stereocenters. The first-order chi connectivity index (χ1) is 12.5. The average Bonchev–Trinajstić information content (AvgIpc) is 3.06. The molecule has 7 heteroatoms. The van der Waals surface area contributed by atoms with Gasteiger partial charge in [0.05, 0.1) is 28.2 Å². The minimum Gasteiger partial charge on any atom is -0.377 e. The second-order valence-electron chi connectivity index (χ2n) is 5.94. The molecule has 0 aliphatic rings. The number of nitrogens with zero attached hydrogens (tertiary/aromatic N) is 2. The van der Waals surface area contributed by atoms with Gasteiger partial charge >= 0.3 is 0 Å². The SMILES string of the molecule is CCOC(C)C(N)c1nc2c(Cl)c(-c3ccc(C#N)c(F)c3)ccc2[nH]1. The van der Waals surface area contributed by atoms with Crippen molar-refractivity contribution in [2.45, 2.75) is 26.0 Å². The van der Waals surface area contributed by atoms with Crippen LogP contribution in [0.1, 0.15) is 31.3 Å². The zero-order chi connectivity index (χ0) is 18.8. The maximum absolute atomic E-state index is 13.9. The molecule has 5 nitrogen and oxygen atoms in total. The van der Waals surface area contributed by atoms with Gasteiger partial charge in [0.15, 0.2) is 0 Å². The molecule has 1 aromatic heterocycles. The molecular weight excluding hydrogens is 355 g/mol. The highest BCUT2D eigenvalue weighted by atomic mass is 35.5. The number of nitriles is 1.